The number of hydrogen-bond donors (Lipinski definition) is 2. The van der Waals surface area contributed by atoms with Crippen LogP contribution >= 0.6 is 23.8 Å². The highest BCUT2D eigenvalue weighted by molar-refractivity contribution is 7.80. The van der Waals surface area contributed by atoms with E-state index in [0.717, 1.165) is 11.5 Å². The summed E-state index contributed by atoms with van der Waals surface area (Å²) in [6.07, 6.45) is 2.75. The number of thiocarbonyl (C=S) groups is 1. The first-order valence-corrected chi connectivity index (χ1v) is 6.13. The van der Waals surface area contributed by atoms with Crippen molar-refractivity contribution in [1.29, 1.82) is 0 Å². The Bertz CT molecular complexity index is 373. The van der Waals surface area contributed by atoms with Gasteiger partial charge in [-0.2, -0.15) is 0 Å². The Labute approximate surface area is 104 Å². The predicted octanol–water partition coefficient (Wildman–Crippen LogP) is 1.11. The average molecular weight is 258 g/mol. The zero-order chi connectivity index (χ0) is 12.2. The van der Waals surface area contributed by atoms with E-state index in [9.17, 15) is 4.79 Å². The number of nitrogens with one attached hydrogen (secondary N) is 1. The van der Waals surface area contributed by atoms with E-state index in [4.69, 9.17) is 18.0 Å². The molecule has 0 saturated carbocycles. The van der Waals surface area contributed by atoms with Crippen molar-refractivity contribution in [1.82, 2.24) is 14.9 Å². The molecular weight excluding hydrogens is 244 g/mol. The second-order valence-electron chi connectivity index (χ2n) is 3.39. The van der Waals surface area contributed by atoms with Crippen molar-refractivity contribution in [3.8, 4) is 0 Å². The molecule has 5 nitrogen and oxygen atoms in total. The summed E-state index contributed by atoms with van der Waals surface area (Å²) < 4.78 is 3.64. The number of hydrogen-bond acceptors (Lipinski definition) is 5. The molecule has 0 aromatic carbocycles. The van der Waals surface area contributed by atoms with Gasteiger partial charge in [-0.3, -0.25) is 4.79 Å². The zero-order valence-electron chi connectivity index (χ0n) is 9.19. The highest BCUT2D eigenvalue weighted by Gasteiger charge is 2.32. The van der Waals surface area contributed by atoms with Crippen LogP contribution in [0, 0.1) is 0 Å². The lowest BCUT2D eigenvalue weighted by Crippen LogP contribution is -2.55. The van der Waals surface area contributed by atoms with Gasteiger partial charge in [0.15, 0.2) is 0 Å². The minimum Gasteiger partial charge on any atom is -0.391 e. The highest BCUT2D eigenvalue weighted by atomic mass is 32.1. The molecule has 7 heteroatoms. The van der Waals surface area contributed by atoms with E-state index in [1.807, 2.05) is 13.8 Å². The van der Waals surface area contributed by atoms with Gasteiger partial charge in [0.25, 0.3) is 5.91 Å². The van der Waals surface area contributed by atoms with Crippen LogP contribution in [0.3, 0.4) is 0 Å². The third kappa shape index (κ3) is 2.53. The van der Waals surface area contributed by atoms with Crippen LogP contribution in [0.25, 0.3) is 0 Å². The predicted molar refractivity (Wildman–Crippen MR) is 67.5 cm³/mol. The topological polar surface area (TPSA) is 80.9 Å². The highest BCUT2D eigenvalue weighted by Crippen LogP contribution is 2.17. The van der Waals surface area contributed by atoms with E-state index in [2.05, 4.69) is 14.9 Å². The molecule has 3 N–H and O–H groups in total. The van der Waals surface area contributed by atoms with Crippen LogP contribution in [0.4, 0.5) is 0 Å². The van der Waals surface area contributed by atoms with E-state index < -0.39 is 5.54 Å². The third-order valence-electron chi connectivity index (χ3n) is 2.62. The summed E-state index contributed by atoms with van der Waals surface area (Å²) in [6.45, 7) is 3.88. The van der Waals surface area contributed by atoms with Crippen molar-refractivity contribution < 1.29 is 4.79 Å². The smallest absolute Gasteiger partial charge is 0.265 e. The summed E-state index contributed by atoms with van der Waals surface area (Å²) in [5.41, 5.74) is 5.07. The lowest BCUT2D eigenvalue weighted by Gasteiger charge is -2.31. The maximum atomic E-state index is 11.8. The van der Waals surface area contributed by atoms with Gasteiger partial charge in [-0.25, -0.2) is 0 Å². The summed E-state index contributed by atoms with van der Waals surface area (Å²) in [7, 11) is 0. The SMILES string of the molecule is CCC(CC)(NC(=O)c1cnns1)C(N)=S. The van der Waals surface area contributed by atoms with Crippen LogP contribution in [-0.4, -0.2) is 26.0 Å². The van der Waals surface area contributed by atoms with Gasteiger partial charge >= 0.3 is 0 Å². The van der Waals surface area contributed by atoms with E-state index in [-0.39, 0.29) is 5.91 Å². The first kappa shape index (κ1) is 13.0. The fraction of sp³-hybridized carbons (Fsp3) is 0.556. The lowest BCUT2D eigenvalue weighted by molar-refractivity contribution is 0.0924. The van der Waals surface area contributed by atoms with Crippen LogP contribution in [0.1, 0.15) is 36.4 Å². The Hall–Kier alpha value is -1.08. The summed E-state index contributed by atoms with van der Waals surface area (Å²) in [4.78, 5) is 12.6. The fourth-order valence-corrected chi connectivity index (χ4v) is 2.13. The van der Waals surface area contributed by atoms with Gasteiger partial charge in [0.2, 0.25) is 0 Å². The van der Waals surface area contributed by atoms with E-state index in [1.54, 1.807) is 0 Å². The molecule has 0 unspecified atom stereocenters. The first-order valence-electron chi connectivity index (χ1n) is 4.95. The molecule has 0 saturated heterocycles. The van der Waals surface area contributed by atoms with Crippen LogP contribution in [-0.2, 0) is 0 Å². The van der Waals surface area contributed by atoms with Crippen molar-refractivity contribution in [2.45, 2.75) is 32.2 Å². The van der Waals surface area contributed by atoms with Crippen LogP contribution in [0.2, 0.25) is 0 Å². The molecule has 1 amide bonds. The second kappa shape index (κ2) is 5.31. The van der Waals surface area contributed by atoms with Crippen molar-refractivity contribution in [3.05, 3.63) is 11.1 Å². The molecule has 1 heterocycles. The van der Waals surface area contributed by atoms with Crippen molar-refractivity contribution >= 4 is 34.6 Å². The fourth-order valence-electron chi connectivity index (χ4n) is 1.38. The molecule has 0 bridgehead atoms. The summed E-state index contributed by atoms with van der Waals surface area (Å²) >= 11 is 6.06. The number of nitrogens with two attached hydrogens (primary N) is 1. The van der Waals surface area contributed by atoms with Gasteiger partial charge in [0.05, 0.1) is 16.7 Å². The Morgan fingerprint density at radius 2 is 2.25 bits per heavy atom. The summed E-state index contributed by atoms with van der Waals surface area (Å²) in [5, 5.41) is 6.47. The van der Waals surface area contributed by atoms with Gasteiger partial charge < -0.3 is 11.1 Å². The molecule has 0 aliphatic carbocycles. The minimum atomic E-state index is -0.615. The van der Waals surface area contributed by atoms with Gasteiger partial charge in [-0.15, -0.1) is 5.10 Å². The van der Waals surface area contributed by atoms with Crippen LogP contribution in [0.5, 0.6) is 0 Å². The van der Waals surface area contributed by atoms with E-state index >= 15 is 0 Å². The quantitative estimate of drug-likeness (QED) is 0.773. The molecule has 1 rings (SSSR count). The standard InChI is InChI=1S/C9H14N4OS2/c1-3-9(4-2,8(10)15)12-7(14)6-5-11-13-16-6/h5H,3-4H2,1-2H3,(H2,10,15)(H,12,14). The molecule has 0 aliphatic rings. The normalized spacial score (nSPS) is 11.1. The van der Waals surface area contributed by atoms with Crippen LogP contribution < -0.4 is 11.1 Å². The molecule has 0 aliphatic heterocycles. The van der Waals surface area contributed by atoms with Gasteiger partial charge in [-0.05, 0) is 24.4 Å². The monoisotopic (exact) mass is 258 g/mol. The number of carbonyl (C=O) groups is 1. The molecule has 1 aromatic heterocycles. The second-order valence-corrected chi connectivity index (χ2v) is 4.61. The Kier molecular flexibility index (Phi) is 4.31. The van der Waals surface area contributed by atoms with Crippen molar-refractivity contribution in [2.75, 3.05) is 0 Å². The van der Waals surface area contributed by atoms with Gasteiger partial charge in [0, 0.05) is 0 Å². The molecule has 0 fully saturated rings. The molecule has 0 spiro atoms. The Morgan fingerprint density at radius 1 is 1.62 bits per heavy atom. The molecular formula is C9H14N4OS2. The van der Waals surface area contributed by atoms with Gasteiger partial charge in [-0.1, -0.05) is 30.6 Å². The zero-order valence-corrected chi connectivity index (χ0v) is 10.8. The van der Waals surface area contributed by atoms with Gasteiger partial charge in [0.1, 0.15) is 4.88 Å². The molecule has 88 valence electrons. The largest absolute Gasteiger partial charge is 0.391 e. The molecule has 0 atom stereocenters. The lowest BCUT2D eigenvalue weighted by atomic mass is 9.92. The van der Waals surface area contributed by atoms with Crippen LogP contribution in [0.15, 0.2) is 6.20 Å². The maximum Gasteiger partial charge on any atom is 0.265 e. The minimum absolute atomic E-state index is 0.230. The van der Waals surface area contributed by atoms with E-state index in [0.29, 0.717) is 22.7 Å². The number of amides is 1. The van der Waals surface area contributed by atoms with Crippen molar-refractivity contribution in [3.63, 3.8) is 0 Å². The number of nitrogens with zero attached hydrogens (tertiary/aromatic N) is 2. The average Bonchev–Trinajstić information content (AvgIpc) is 2.78. The molecule has 0 radical (unpaired) electrons. The molecule has 1 aromatic rings. The Balaban J connectivity index is 2.84. The summed E-state index contributed by atoms with van der Waals surface area (Å²) in [5.74, 6) is -0.230. The summed E-state index contributed by atoms with van der Waals surface area (Å²) in [6, 6.07) is 0. The van der Waals surface area contributed by atoms with E-state index in [1.165, 1.54) is 6.20 Å². The molecule has 16 heavy (non-hydrogen) atoms. The Morgan fingerprint density at radius 3 is 2.62 bits per heavy atom. The number of rotatable bonds is 5. The van der Waals surface area contributed by atoms with Crippen molar-refractivity contribution in [2.24, 2.45) is 5.73 Å². The number of carbonyl (C=O) groups excluding carboxylic acids is 1. The number of aromatic nitrogens is 2. The maximum absolute atomic E-state index is 11.8. The third-order valence-corrected chi connectivity index (χ3v) is 3.67. The first-order chi connectivity index (χ1) is 7.55.